The van der Waals surface area contributed by atoms with Crippen molar-refractivity contribution in [3.05, 3.63) is 66.4 Å². The van der Waals surface area contributed by atoms with E-state index in [1.165, 1.54) is 31.0 Å². The number of hydrogen-bond acceptors (Lipinski definition) is 6. The van der Waals surface area contributed by atoms with Crippen molar-refractivity contribution in [1.82, 2.24) is 14.8 Å². The molecule has 30 heavy (non-hydrogen) atoms. The Morgan fingerprint density at radius 1 is 0.933 bits per heavy atom. The number of pyridine rings is 1. The van der Waals surface area contributed by atoms with Crippen LogP contribution in [-0.2, 0) is 10.0 Å². The number of rotatable bonds is 6. The number of nitrogens with one attached hydrogen (secondary N) is 1. The maximum atomic E-state index is 13.0. The zero-order valence-corrected chi connectivity index (χ0v) is 17.5. The van der Waals surface area contributed by atoms with Crippen molar-refractivity contribution in [2.75, 3.05) is 18.9 Å². The fraction of sp³-hybridized carbons (Fsp3) is 0.143. The van der Waals surface area contributed by atoms with Gasteiger partial charge in [0.05, 0.1) is 30.3 Å². The highest BCUT2D eigenvalue weighted by molar-refractivity contribution is 7.92. The lowest BCUT2D eigenvalue weighted by atomic mass is 10.2. The predicted octanol–water partition coefficient (Wildman–Crippen LogP) is 3.55. The first-order valence-electron chi connectivity index (χ1n) is 9.09. The van der Waals surface area contributed by atoms with E-state index in [9.17, 15) is 8.42 Å². The van der Waals surface area contributed by atoms with Crippen molar-refractivity contribution in [3.63, 3.8) is 0 Å². The molecular formula is C21H20N4O4S. The van der Waals surface area contributed by atoms with Gasteiger partial charge in [0.15, 0.2) is 17.3 Å². The van der Waals surface area contributed by atoms with Gasteiger partial charge in [-0.1, -0.05) is 18.2 Å². The Labute approximate surface area is 174 Å². The van der Waals surface area contributed by atoms with Crippen LogP contribution < -0.4 is 14.2 Å². The molecule has 0 aliphatic carbocycles. The molecule has 4 rings (SSSR count). The molecule has 0 atom stereocenters. The zero-order chi connectivity index (χ0) is 21.3. The molecule has 154 valence electrons. The maximum absolute atomic E-state index is 13.0. The number of anilines is 1. The number of fused-ring (bicyclic) bond motifs is 1. The molecule has 2 heterocycles. The minimum Gasteiger partial charge on any atom is -0.493 e. The Morgan fingerprint density at radius 2 is 1.70 bits per heavy atom. The van der Waals surface area contributed by atoms with E-state index in [2.05, 4.69) is 14.8 Å². The molecular weight excluding hydrogens is 404 g/mol. The van der Waals surface area contributed by atoms with E-state index >= 15 is 0 Å². The van der Waals surface area contributed by atoms with Crippen LogP contribution >= 0.6 is 0 Å². The fourth-order valence-electron chi connectivity index (χ4n) is 3.10. The zero-order valence-electron chi connectivity index (χ0n) is 16.7. The summed E-state index contributed by atoms with van der Waals surface area (Å²) in [5.74, 6) is 1.55. The number of aromatic nitrogens is 3. The number of sulfonamides is 1. The van der Waals surface area contributed by atoms with Gasteiger partial charge in [-0.2, -0.15) is 9.78 Å². The van der Waals surface area contributed by atoms with Crippen molar-refractivity contribution >= 4 is 26.7 Å². The average Bonchev–Trinajstić information content (AvgIpc) is 3.12. The molecule has 0 spiro atoms. The van der Waals surface area contributed by atoms with Crippen molar-refractivity contribution in [3.8, 4) is 17.3 Å². The highest BCUT2D eigenvalue weighted by Crippen LogP contribution is 2.30. The van der Waals surface area contributed by atoms with Crippen molar-refractivity contribution < 1.29 is 17.9 Å². The van der Waals surface area contributed by atoms with Crippen LogP contribution in [0, 0.1) is 6.92 Å². The lowest BCUT2D eigenvalue weighted by Gasteiger charge is -2.12. The molecule has 4 aromatic rings. The number of ether oxygens (including phenoxy) is 2. The molecule has 0 amide bonds. The van der Waals surface area contributed by atoms with Gasteiger partial charge in [0.1, 0.15) is 5.82 Å². The topological polar surface area (TPSA) is 95.3 Å². The largest absolute Gasteiger partial charge is 0.493 e. The Hall–Kier alpha value is -3.59. The molecule has 2 aromatic heterocycles. The van der Waals surface area contributed by atoms with Crippen LogP contribution in [-0.4, -0.2) is 37.4 Å². The molecule has 0 aliphatic heterocycles. The third kappa shape index (κ3) is 3.67. The van der Waals surface area contributed by atoms with Crippen LogP contribution in [0.5, 0.6) is 11.5 Å². The summed E-state index contributed by atoms with van der Waals surface area (Å²) in [4.78, 5) is 4.64. The first kappa shape index (κ1) is 19.7. The minimum absolute atomic E-state index is 0.0389. The summed E-state index contributed by atoms with van der Waals surface area (Å²) in [6.45, 7) is 1.78. The van der Waals surface area contributed by atoms with Crippen molar-refractivity contribution in [2.45, 2.75) is 11.8 Å². The van der Waals surface area contributed by atoms with E-state index in [1.54, 1.807) is 25.1 Å². The summed E-state index contributed by atoms with van der Waals surface area (Å²) in [5.41, 5.74) is 1.44. The molecule has 0 saturated carbocycles. The first-order valence-corrected chi connectivity index (χ1v) is 10.6. The summed E-state index contributed by atoms with van der Waals surface area (Å²) in [5, 5.41) is 5.39. The number of nitrogens with zero attached hydrogens (tertiary/aromatic N) is 3. The lowest BCUT2D eigenvalue weighted by molar-refractivity contribution is 0.354. The number of para-hydroxylation sites is 1. The summed E-state index contributed by atoms with van der Waals surface area (Å²) >= 11 is 0. The number of methoxy groups -OCH3 is 2. The molecule has 9 heteroatoms. The quantitative estimate of drug-likeness (QED) is 0.509. The Morgan fingerprint density at radius 3 is 2.47 bits per heavy atom. The van der Waals surface area contributed by atoms with E-state index in [1.807, 2.05) is 30.3 Å². The van der Waals surface area contributed by atoms with E-state index in [0.717, 1.165) is 10.9 Å². The standard InChI is InChI=1S/C21H20N4O4S/c1-14-12-21(24-30(26,27)16-9-10-18(28-2)19(13-16)29-3)25(23-14)20-11-8-15-6-4-5-7-17(15)22-20/h4-13,24H,1-3H3. The number of benzene rings is 2. The second-order valence-corrected chi connectivity index (χ2v) is 8.25. The molecule has 1 N–H and O–H groups in total. The second-order valence-electron chi connectivity index (χ2n) is 6.57. The number of aryl methyl sites for hydroxylation is 1. The van der Waals surface area contributed by atoms with Gasteiger partial charge >= 0.3 is 0 Å². The van der Waals surface area contributed by atoms with Crippen LogP contribution in [0.2, 0.25) is 0 Å². The molecule has 8 nitrogen and oxygen atoms in total. The van der Waals surface area contributed by atoms with Crippen LogP contribution in [0.3, 0.4) is 0 Å². The summed E-state index contributed by atoms with van der Waals surface area (Å²) in [6, 6.07) is 17.4. The fourth-order valence-corrected chi connectivity index (χ4v) is 4.15. The van der Waals surface area contributed by atoms with Gasteiger partial charge in [-0.15, -0.1) is 0 Å². The molecule has 0 saturated heterocycles. The van der Waals surface area contributed by atoms with Gasteiger partial charge in [-0.3, -0.25) is 4.72 Å². The van der Waals surface area contributed by atoms with Gasteiger partial charge in [-0.25, -0.2) is 13.4 Å². The van der Waals surface area contributed by atoms with Crippen LogP contribution in [0.15, 0.2) is 65.6 Å². The summed E-state index contributed by atoms with van der Waals surface area (Å²) in [7, 11) is -0.967. The molecule has 0 aliphatic rings. The highest BCUT2D eigenvalue weighted by Gasteiger charge is 2.20. The van der Waals surface area contributed by atoms with Crippen molar-refractivity contribution in [1.29, 1.82) is 0 Å². The lowest BCUT2D eigenvalue weighted by Crippen LogP contribution is -2.16. The third-order valence-corrected chi connectivity index (χ3v) is 5.89. The third-order valence-electron chi connectivity index (χ3n) is 4.54. The van der Waals surface area contributed by atoms with Gasteiger partial charge in [-0.05, 0) is 37.3 Å². The van der Waals surface area contributed by atoms with Crippen molar-refractivity contribution in [2.24, 2.45) is 0 Å². The second kappa shape index (κ2) is 7.68. The molecule has 0 radical (unpaired) electrons. The highest BCUT2D eigenvalue weighted by atomic mass is 32.2. The Balaban J connectivity index is 1.73. The monoisotopic (exact) mass is 424 g/mol. The van der Waals surface area contributed by atoms with Gasteiger partial charge < -0.3 is 9.47 Å². The summed E-state index contributed by atoms with van der Waals surface area (Å²) < 4.78 is 40.5. The SMILES string of the molecule is COc1ccc(S(=O)(=O)Nc2cc(C)nn2-c2ccc3ccccc3n2)cc1OC. The Kier molecular flexibility index (Phi) is 5.04. The van der Waals surface area contributed by atoms with Gasteiger partial charge in [0, 0.05) is 17.5 Å². The smallest absolute Gasteiger partial charge is 0.263 e. The van der Waals surface area contributed by atoms with Crippen LogP contribution in [0.1, 0.15) is 5.69 Å². The summed E-state index contributed by atoms with van der Waals surface area (Å²) in [6.07, 6.45) is 0. The molecule has 2 aromatic carbocycles. The van der Waals surface area contributed by atoms with E-state index in [4.69, 9.17) is 9.47 Å². The van der Waals surface area contributed by atoms with Crippen LogP contribution in [0.25, 0.3) is 16.7 Å². The first-order chi connectivity index (χ1) is 14.4. The maximum Gasteiger partial charge on any atom is 0.263 e. The molecule has 0 bridgehead atoms. The normalized spacial score (nSPS) is 11.4. The average molecular weight is 424 g/mol. The number of hydrogen-bond donors (Lipinski definition) is 1. The molecule has 0 unspecified atom stereocenters. The van der Waals surface area contributed by atoms with Gasteiger partial charge in [0.2, 0.25) is 0 Å². The van der Waals surface area contributed by atoms with E-state index in [-0.39, 0.29) is 10.7 Å². The predicted molar refractivity (Wildman–Crippen MR) is 114 cm³/mol. The van der Waals surface area contributed by atoms with Crippen LogP contribution in [0.4, 0.5) is 5.82 Å². The molecule has 0 fully saturated rings. The van der Waals surface area contributed by atoms with Gasteiger partial charge in [0.25, 0.3) is 10.0 Å². The Bertz CT molecular complexity index is 1330. The van der Waals surface area contributed by atoms with E-state index < -0.39 is 10.0 Å². The van der Waals surface area contributed by atoms with E-state index in [0.29, 0.717) is 23.0 Å². The minimum atomic E-state index is -3.90.